The first kappa shape index (κ1) is 11.8. The maximum atomic E-state index is 3.80. The Hall–Kier alpha value is -2.28. The van der Waals surface area contributed by atoms with Crippen LogP contribution in [0.2, 0.25) is 0 Å². The van der Waals surface area contributed by atoms with Gasteiger partial charge in [0.05, 0.1) is 0 Å². The molecule has 19 heavy (non-hydrogen) atoms. The third-order valence-electron chi connectivity index (χ3n) is 3.47. The minimum Gasteiger partial charge on any atom is -0.336 e. The number of hydrogen-bond donors (Lipinski definition) is 0. The van der Waals surface area contributed by atoms with Crippen LogP contribution in [0, 0.1) is 0 Å². The summed E-state index contributed by atoms with van der Waals surface area (Å²) in [5.41, 5.74) is 5.27. The lowest BCUT2D eigenvalue weighted by molar-refractivity contribution is 1.15. The summed E-state index contributed by atoms with van der Waals surface area (Å²) >= 11 is 0. The standard InChI is InChI=1S/C18H17N/c1-2-3-9-15-14-19(16-10-5-4-6-11-16)18-13-8-7-12-17(15)18/h2,4-13H,1,3,14H2/b15-9+. The number of nitrogens with zero attached hydrogens (tertiary/aromatic N) is 1. The van der Waals surface area contributed by atoms with Gasteiger partial charge >= 0.3 is 0 Å². The van der Waals surface area contributed by atoms with E-state index in [0.29, 0.717) is 0 Å². The van der Waals surface area contributed by atoms with Crippen molar-refractivity contribution in [2.24, 2.45) is 0 Å². The van der Waals surface area contributed by atoms with Crippen LogP contribution in [0.25, 0.3) is 5.57 Å². The second kappa shape index (κ2) is 5.15. The van der Waals surface area contributed by atoms with Gasteiger partial charge in [-0.15, -0.1) is 6.58 Å². The van der Waals surface area contributed by atoms with Crippen molar-refractivity contribution in [3.05, 3.63) is 78.9 Å². The molecule has 1 heterocycles. The first-order chi connectivity index (χ1) is 9.40. The van der Waals surface area contributed by atoms with Gasteiger partial charge in [-0.05, 0) is 30.2 Å². The molecule has 1 nitrogen and oxygen atoms in total. The quantitative estimate of drug-likeness (QED) is 0.704. The van der Waals surface area contributed by atoms with Gasteiger partial charge in [-0.1, -0.05) is 48.6 Å². The van der Waals surface area contributed by atoms with E-state index in [1.54, 1.807) is 0 Å². The van der Waals surface area contributed by atoms with E-state index in [9.17, 15) is 0 Å². The summed E-state index contributed by atoms with van der Waals surface area (Å²) in [7, 11) is 0. The molecule has 1 aliphatic heterocycles. The van der Waals surface area contributed by atoms with Crippen molar-refractivity contribution >= 4 is 16.9 Å². The Morgan fingerprint density at radius 2 is 1.74 bits per heavy atom. The van der Waals surface area contributed by atoms with Gasteiger partial charge in [0.2, 0.25) is 0 Å². The summed E-state index contributed by atoms with van der Waals surface area (Å²) in [5.74, 6) is 0. The average Bonchev–Trinajstić information content (AvgIpc) is 2.85. The molecule has 0 unspecified atom stereocenters. The van der Waals surface area contributed by atoms with Gasteiger partial charge in [0.25, 0.3) is 0 Å². The van der Waals surface area contributed by atoms with E-state index in [1.807, 2.05) is 6.08 Å². The summed E-state index contributed by atoms with van der Waals surface area (Å²) in [5, 5.41) is 0. The molecule has 2 aromatic rings. The lowest BCUT2D eigenvalue weighted by atomic mass is 10.1. The van der Waals surface area contributed by atoms with Crippen LogP contribution in [0.1, 0.15) is 12.0 Å². The summed E-state index contributed by atoms with van der Waals surface area (Å²) in [6.07, 6.45) is 5.14. The largest absolute Gasteiger partial charge is 0.336 e. The van der Waals surface area contributed by atoms with Crippen LogP contribution in [-0.4, -0.2) is 6.54 Å². The second-order valence-electron chi connectivity index (χ2n) is 4.69. The van der Waals surface area contributed by atoms with Crippen LogP contribution >= 0.6 is 0 Å². The maximum Gasteiger partial charge on any atom is 0.0490 e. The second-order valence-corrected chi connectivity index (χ2v) is 4.69. The minimum atomic E-state index is 0.923. The van der Waals surface area contributed by atoms with E-state index in [1.165, 1.54) is 22.5 Å². The molecule has 1 aliphatic rings. The fourth-order valence-corrected chi connectivity index (χ4v) is 2.56. The highest BCUT2D eigenvalue weighted by molar-refractivity contribution is 5.89. The number of anilines is 2. The van der Waals surface area contributed by atoms with Crippen LogP contribution in [0.4, 0.5) is 11.4 Å². The molecule has 2 aromatic carbocycles. The van der Waals surface area contributed by atoms with Crippen LogP contribution in [0.3, 0.4) is 0 Å². The first-order valence-corrected chi connectivity index (χ1v) is 6.62. The Morgan fingerprint density at radius 1 is 1.00 bits per heavy atom. The first-order valence-electron chi connectivity index (χ1n) is 6.62. The Labute approximate surface area is 114 Å². The van der Waals surface area contributed by atoms with Crippen molar-refractivity contribution in [1.29, 1.82) is 0 Å². The summed E-state index contributed by atoms with van der Waals surface area (Å²) < 4.78 is 0. The molecular weight excluding hydrogens is 230 g/mol. The molecular formula is C18H17N. The van der Waals surface area contributed by atoms with E-state index in [-0.39, 0.29) is 0 Å². The molecule has 0 amide bonds. The summed E-state index contributed by atoms with van der Waals surface area (Å²) in [6.45, 7) is 4.74. The highest BCUT2D eigenvalue weighted by Crippen LogP contribution is 2.40. The molecule has 0 atom stereocenters. The Bertz CT molecular complexity index is 611. The molecule has 0 saturated heterocycles. The zero-order valence-electron chi connectivity index (χ0n) is 10.9. The Kier molecular flexibility index (Phi) is 3.20. The van der Waals surface area contributed by atoms with Crippen LogP contribution in [0.15, 0.2) is 73.3 Å². The van der Waals surface area contributed by atoms with Gasteiger partial charge in [-0.2, -0.15) is 0 Å². The van der Waals surface area contributed by atoms with Crippen LogP contribution < -0.4 is 4.90 Å². The fourth-order valence-electron chi connectivity index (χ4n) is 2.56. The van der Waals surface area contributed by atoms with Crippen molar-refractivity contribution in [1.82, 2.24) is 0 Å². The molecule has 0 radical (unpaired) electrons. The van der Waals surface area contributed by atoms with Crippen molar-refractivity contribution in [2.75, 3.05) is 11.4 Å². The van der Waals surface area contributed by atoms with Crippen molar-refractivity contribution in [3.8, 4) is 0 Å². The Balaban J connectivity index is 2.04. The number of para-hydroxylation sites is 2. The van der Waals surface area contributed by atoms with Crippen molar-refractivity contribution < 1.29 is 0 Å². The lowest BCUT2D eigenvalue weighted by Crippen LogP contribution is -2.12. The van der Waals surface area contributed by atoms with E-state index < -0.39 is 0 Å². The molecule has 0 fully saturated rings. The lowest BCUT2D eigenvalue weighted by Gasteiger charge is -2.18. The molecule has 1 heteroatoms. The number of allylic oxidation sites excluding steroid dienone is 2. The normalized spacial score (nSPS) is 15.6. The van der Waals surface area contributed by atoms with Gasteiger partial charge in [-0.25, -0.2) is 0 Å². The number of rotatable bonds is 3. The van der Waals surface area contributed by atoms with E-state index >= 15 is 0 Å². The molecule has 0 aromatic heterocycles. The highest BCUT2D eigenvalue weighted by atomic mass is 15.2. The highest BCUT2D eigenvalue weighted by Gasteiger charge is 2.23. The average molecular weight is 247 g/mol. The molecule has 0 saturated carbocycles. The van der Waals surface area contributed by atoms with E-state index in [0.717, 1.165) is 13.0 Å². The third kappa shape index (κ3) is 2.19. The summed E-state index contributed by atoms with van der Waals surface area (Å²) in [4.78, 5) is 2.37. The molecule has 0 N–H and O–H groups in total. The molecule has 0 spiro atoms. The number of benzene rings is 2. The Morgan fingerprint density at radius 3 is 2.53 bits per heavy atom. The molecule has 0 aliphatic carbocycles. The molecule has 94 valence electrons. The van der Waals surface area contributed by atoms with E-state index in [4.69, 9.17) is 0 Å². The SMILES string of the molecule is C=CC/C=C1\CN(c2ccccc2)c2ccccc21. The zero-order chi connectivity index (χ0) is 13.1. The number of fused-ring (bicyclic) bond motifs is 1. The van der Waals surface area contributed by atoms with Crippen molar-refractivity contribution in [3.63, 3.8) is 0 Å². The number of hydrogen-bond acceptors (Lipinski definition) is 1. The fraction of sp³-hybridized carbons (Fsp3) is 0.111. The predicted molar refractivity (Wildman–Crippen MR) is 82.7 cm³/mol. The predicted octanol–water partition coefficient (Wildman–Crippen LogP) is 4.80. The third-order valence-corrected chi connectivity index (χ3v) is 3.47. The topological polar surface area (TPSA) is 3.24 Å². The van der Waals surface area contributed by atoms with Crippen LogP contribution in [-0.2, 0) is 0 Å². The van der Waals surface area contributed by atoms with Gasteiger partial charge in [-0.3, -0.25) is 0 Å². The minimum absolute atomic E-state index is 0.923. The van der Waals surface area contributed by atoms with E-state index in [2.05, 4.69) is 72.2 Å². The zero-order valence-corrected chi connectivity index (χ0v) is 10.9. The maximum absolute atomic E-state index is 3.80. The monoisotopic (exact) mass is 247 g/mol. The van der Waals surface area contributed by atoms with Crippen molar-refractivity contribution in [2.45, 2.75) is 6.42 Å². The summed E-state index contributed by atoms with van der Waals surface area (Å²) in [6, 6.07) is 19.2. The van der Waals surface area contributed by atoms with Gasteiger partial charge in [0, 0.05) is 23.5 Å². The smallest absolute Gasteiger partial charge is 0.0490 e. The van der Waals surface area contributed by atoms with Gasteiger partial charge < -0.3 is 4.90 Å². The van der Waals surface area contributed by atoms with Gasteiger partial charge in [0.1, 0.15) is 0 Å². The van der Waals surface area contributed by atoms with Gasteiger partial charge in [0.15, 0.2) is 0 Å². The molecule has 0 bridgehead atoms. The van der Waals surface area contributed by atoms with Crippen LogP contribution in [0.5, 0.6) is 0 Å². The molecule has 3 rings (SSSR count).